The Morgan fingerprint density at radius 1 is 1.29 bits per heavy atom. The van der Waals surface area contributed by atoms with Crippen LogP contribution in [0.15, 0.2) is 16.6 Å². The van der Waals surface area contributed by atoms with Gasteiger partial charge in [0.05, 0.1) is 0 Å². The highest BCUT2D eigenvalue weighted by molar-refractivity contribution is 7.89. The average molecular weight is 330 g/mol. The van der Waals surface area contributed by atoms with Crippen LogP contribution in [-0.2, 0) is 10.0 Å². The van der Waals surface area contributed by atoms with Crippen molar-refractivity contribution in [3.8, 4) is 0 Å². The molecule has 1 aliphatic rings. The van der Waals surface area contributed by atoms with Crippen LogP contribution < -0.4 is 10.1 Å². The van der Waals surface area contributed by atoms with Gasteiger partial charge in [0.15, 0.2) is 10.8 Å². The Labute approximate surface area is 127 Å². The summed E-state index contributed by atoms with van der Waals surface area (Å²) in [7, 11) is 0.0213. The van der Waals surface area contributed by atoms with E-state index in [1.807, 2.05) is 12.4 Å². The molecule has 8 nitrogen and oxygen atoms in total. The number of hydrogen-bond donors (Lipinski definition) is 2. The summed E-state index contributed by atoms with van der Waals surface area (Å²) in [4.78, 5) is 9.76. The number of hydrogen-bond acceptors (Lipinski definition) is 7. The maximum atomic E-state index is 12.7. The van der Waals surface area contributed by atoms with Crippen LogP contribution in [0.4, 0.5) is 5.82 Å². The smallest absolute Gasteiger partial charge is 0.273 e. The van der Waals surface area contributed by atoms with Gasteiger partial charge in [-0.05, 0) is 7.05 Å². The lowest BCUT2D eigenvalue weighted by Crippen LogP contribution is -2.52. The number of piperazine rings is 1. The molecular formula is C11H18N6O2S2. The predicted octanol–water partition coefficient (Wildman–Crippen LogP) is -0.122. The molecule has 0 spiro atoms. The molecule has 116 valence electrons. The Morgan fingerprint density at radius 2 is 2.00 bits per heavy atom. The quantitative estimate of drug-likeness (QED) is 0.813. The molecule has 0 atom stereocenters. The van der Waals surface area contributed by atoms with Crippen LogP contribution in [0, 0.1) is 0 Å². The molecule has 2 aromatic heterocycles. The highest BCUT2D eigenvalue weighted by Gasteiger charge is 2.28. The molecule has 21 heavy (non-hydrogen) atoms. The standard InChI is InChI=1S/C11H18N6O2S2/c1-12-9-10(17-7-8-20-11(17)13-9)21(18,19)14-16-5-3-15(2)4-6-16/h7-8,12,14H,3-6H2,1-2H3. The van der Waals surface area contributed by atoms with Crippen LogP contribution in [0.1, 0.15) is 0 Å². The molecule has 0 radical (unpaired) electrons. The Kier molecular flexibility index (Phi) is 3.88. The number of hydrazine groups is 1. The van der Waals surface area contributed by atoms with Gasteiger partial charge >= 0.3 is 0 Å². The number of nitrogens with one attached hydrogen (secondary N) is 2. The zero-order valence-corrected chi connectivity index (χ0v) is 13.5. The van der Waals surface area contributed by atoms with E-state index >= 15 is 0 Å². The first-order valence-corrected chi connectivity index (χ1v) is 8.97. The Morgan fingerprint density at radius 3 is 2.67 bits per heavy atom. The van der Waals surface area contributed by atoms with Crippen LogP contribution in [0.5, 0.6) is 0 Å². The number of thiazole rings is 1. The summed E-state index contributed by atoms with van der Waals surface area (Å²) in [5.41, 5.74) is 0. The highest BCUT2D eigenvalue weighted by atomic mass is 32.2. The van der Waals surface area contributed by atoms with Gasteiger partial charge in [0, 0.05) is 44.8 Å². The molecule has 0 bridgehead atoms. The molecule has 1 fully saturated rings. The number of sulfonamides is 1. The van der Waals surface area contributed by atoms with Crippen LogP contribution in [0.2, 0.25) is 0 Å². The summed E-state index contributed by atoms with van der Waals surface area (Å²) < 4.78 is 26.9. The van der Waals surface area contributed by atoms with Crippen LogP contribution >= 0.6 is 11.3 Å². The number of rotatable bonds is 4. The third-order valence-electron chi connectivity index (χ3n) is 3.46. The van der Waals surface area contributed by atoms with Gasteiger partial charge in [-0.15, -0.1) is 16.2 Å². The van der Waals surface area contributed by atoms with E-state index in [0.717, 1.165) is 13.1 Å². The molecule has 1 aliphatic heterocycles. The lowest BCUT2D eigenvalue weighted by molar-refractivity contribution is 0.134. The van der Waals surface area contributed by atoms with E-state index in [-0.39, 0.29) is 5.03 Å². The minimum absolute atomic E-state index is 0.153. The second kappa shape index (κ2) is 5.54. The van der Waals surface area contributed by atoms with Gasteiger partial charge in [0.25, 0.3) is 10.0 Å². The molecule has 3 rings (SSSR count). The fourth-order valence-corrected chi connectivity index (χ4v) is 4.48. The van der Waals surface area contributed by atoms with Gasteiger partial charge < -0.3 is 10.2 Å². The maximum absolute atomic E-state index is 12.7. The fourth-order valence-electron chi connectivity index (χ4n) is 2.30. The second-order valence-corrected chi connectivity index (χ2v) is 7.41. The molecule has 0 saturated carbocycles. The monoisotopic (exact) mass is 330 g/mol. The Bertz CT molecular complexity index is 729. The molecule has 0 unspecified atom stereocenters. The summed E-state index contributed by atoms with van der Waals surface area (Å²) in [5, 5.41) is 6.56. The third kappa shape index (κ3) is 2.77. The Hall–Kier alpha value is -1.20. The molecule has 3 heterocycles. The van der Waals surface area contributed by atoms with Crippen molar-refractivity contribution in [1.29, 1.82) is 0 Å². The predicted molar refractivity (Wildman–Crippen MR) is 82.0 cm³/mol. The first-order chi connectivity index (χ1) is 10.0. The number of likely N-dealkylation sites (N-methyl/N-ethyl adjacent to an activating group) is 1. The summed E-state index contributed by atoms with van der Waals surface area (Å²) >= 11 is 1.40. The summed E-state index contributed by atoms with van der Waals surface area (Å²) in [6, 6.07) is 0. The fraction of sp³-hybridized carbons (Fsp3) is 0.545. The average Bonchev–Trinajstić information content (AvgIpc) is 3.00. The van der Waals surface area contributed by atoms with Gasteiger partial charge in [-0.25, -0.2) is 18.4 Å². The molecule has 2 N–H and O–H groups in total. The topological polar surface area (TPSA) is 82.0 Å². The molecular weight excluding hydrogens is 312 g/mol. The van der Waals surface area contributed by atoms with E-state index in [0.29, 0.717) is 23.9 Å². The lowest BCUT2D eigenvalue weighted by atomic mass is 10.4. The van der Waals surface area contributed by atoms with E-state index in [4.69, 9.17) is 0 Å². The van der Waals surface area contributed by atoms with Crippen LogP contribution in [0.3, 0.4) is 0 Å². The second-order valence-electron chi connectivity index (χ2n) is 4.96. The first kappa shape index (κ1) is 14.7. The van der Waals surface area contributed by atoms with Crippen molar-refractivity contribution >= 4 is 32.1 Å². The van der Waals surface area contributed by atoms with Crippen molar-refractivity contribution in [1.82, 2.24) is 24.1 Å². The minimum atomic E-state index is -3.67. The molecule has 0 amide bonds. The Balaban J connectivity index is 1.91. The van der Waals surface area contributed by atoms with Crippen molar-refractivity contribution in [3.05, 3.63) is 11.6 Å². The first-order valence-electron chi connectivity index (χ1n) is 6.60. The van der Waals surface area contributed by atoms with Gasteiger partial charge in [-0.2, -0.15) is 0 Å². The summed E-state index contributed by atoms with van der Waals surface area (Å²) in [5.74, 6) is 0.364. The van der Waals surface area contributed by atoms with Gasteiger partial charge in [0.1, 0.15) is 0 Å². The maximum Gasteiger partial charge on any atom is 0.273 e. The molecule has 0 aliphatic carbocycles. The van der Waals surface area contributed by atoms with E-state index < -0.39 is 10.0 Å². The van der Waals surface area contributed by atoms with E-state index in [1.54, 1.807) is 22.7 Å². The van der Waals surface area contributed by atoms with Gasteiger partial charge in [0.2, 0.25) is 5.03 Å². The van der Waals surface area contributed by atoms with E-state index in [9.17, 15) is 8.42 Å². The van der Waals surface area contributed by atoms with Crippen LogP contribution in [0.25, 0.3) is 4.96 Å². The molecule has 1 saturated heterocycles. The SMILES string of the molecule is CNc1nc2sccn2c1S(=O)(=O)NN1CCN(C)CC1. The van der Waals surface area contributed by atoms with Crippen LogP contribution in [-0.4, -0.2) is 68.0 Å². The largest absolute Gasteiger partial charge is 0.371 e. The van der Waals surface area contributed by atoms with Gasteiger partial charge in [-0.3, -0.25) is 4.40 Å². The van der Waals surface area contributed by atoms with Gasteiger partial charge in [-0.1, -0.05) is 0 Å². The number of nitrogens with zero attached hydrogens (tertiary/aromatic N) is 4. The molecule has 2 aromatic rings. The van der Waals surface area contributed by atoms with Crippen molar-refractivity contribution in [3.63, 3.8) is 0 Å². The van der Waals surface area contributed by atoms with E-state index in [2.05, 4.69) is 20.0 Å². The number of aromatic nitrogens is 2. The highest BCUT2D eigenvalue weighted by Crippen LogP contribution is 2.25. The lowest BCUT2D eigenvalue weighted by Gasteiger charge is -2.32. The number of fused-ring (bicyclic) bond motifs is 1. The number of anilines is 1. The van der Waals surface area contributed by atoms with Crippen molar-refractivity contribution < 1.29 is 8.42 Å². The summed E-state index contributed by atoms with van der Waals surface area (Å²) in [6.45, 7) is 3.00. The molecule has 0 aromatic carbocycles. The van der Waals surface area contributed by atoms with E-state index in [1.165, 1.54) is 11.3 Å². The third-order valence-corrected chi connectivity index (χ3v) is 5.62. The van der Waals surface area contributed by atoms with Crippen molar-refractivity contribution in [2.24, 2.45) is 0 Å². The molecule has 10 heteroatoms. The van der Waals surface area contributed by atoms with Crippen molar-refractivity contribution in [2.45, 2.75) is 5.03 Å². The summed E-state index contributed by atoms with van der Waals surface area (Å²) in [6.07, 6.45) is 1.71. The zero-order chi connectivity index (χ0) is 15.0. The van der Waals surface area contributed by atoms with Crippen molar-refractivity contribution in [2.75, 3.05) is 45.6 Å². The number of imidazole rings is 1. The normalized spacial score (nSPS) is 18.4. The minimum Gasteiger partial charge on any atom is -0.371 e. The zero-order valence-electron chi connectivity index (χ0n) is 11.9.